The maximum atomic E-state index is 13.1. The Morgan fingerprint density at radius 2 is 2.29 bits per heavy atom. The van der Waals surface area contributed by atoms with Gasteiger partial charge in [0, 0.05) is 6.54 Å². The van der Waals surface area contributed by atoms with Crippen LogP contribution in [0.2, 0.25) is 0 Å². The minimum absolute atomic E-state index is 0.00347. The number of hydrogen-bond acceptors (Lipinski definition) is 7. The van der Waals surface area contributed by atoms with Crippen molar-refractivity contribution in [3.8, 4) is 0 Å². The minimum atomic E-state index is -4.38. The fourth-order valence-corrected chi connectivity index (χ4v) is 2.36. The number of ether oxygens (including phenoxy) is 1. The largest absolute Gasteiger partial charge is 0.368 e. The lowest BCUT2D eigenvalue weighted by atomic mass is 10.4. The maximum absolute atomic E-state index is 13.1. The van der Waals surface area contributed by atoms with E-state index in [-0.39, 0.29) is 12.5 Å². The Kier molecular flexibility index (Phi) is 5.84. The number of imidazole rings is 1. The molecule has 0 amide bonds. The first-order valence-electron chi connectivity index (χ1n) is 6.89. The van der Waals surface area contributed by atoms with Crippen molar-refractivity contribution in [3.63, 3.8) is 0 Å². The first-order valence-corrected chi connectivity index (χ1v) is 8.69. The quantitative estimate of drug-likeness (QED) is 0.370. The average Bonchev–Trinajstić information content (AvgIpc) is 2.90. The summed E-state index contributed by atoms with van der Waals surface area (Å²) in [6.45, 7) is 3.06. The lowest BCUT2D eigenvalue weighted by Gasteiger charge is -2.16. The summed E-state index contributed by atoms with van der Waals surface area (Å²) in [6, 6.07) is 0. The fourth-order valence-electron chi connectivity index (χ4n) is 1.95. The second-order valence-electron chi connectivity index (χ2n) is 4.91. The van der Waals surface area contributed by atoms with Gasteiger partial charge in [0.2, 0.25) is 5.95 Å². The van der Waals surface area contributed by atoms with Crippen LogP contribution in [0, 0.1) is 0 Å². The Morgan fingerprint density at radius 1 is 1.54 bits per heavy atom. The molecule has 0 bridgehead atoms. The van der Waals surface area contributed by atoms with Crippen LogP contribution in [-0.4, -0.2) is 55.0 Å². The summed E-state index contributed by atoms with van der Waals surface area (Å²) in [6.07, 6.45) is 1.12. The second-order valence-corrected chi connectivity index (χ2v) is 6.49. The molecule has 24 heavy (non-hydrogen) atoms. The van der Waals surface area contributed by atoms with Crippen molar-refractivity contribution in [1.82, 2.24) is 19.5 Å². The zero-order valence-electron chi connectivity index (χ0n) is 12.7. The Labute approximate surface area is 136 Å². The number of anilines is 2. The molecule has 0 aromatic carbocycles. The van der Waals surface area contributed by atoms with Crippen molar-refractivity contribution < 1.29 is 23.5 Å². The summed E-state index contributed by atoms with van der Waals surface area (Å²) < 4.78 is 30.3. The van der Waals surface area contributed by atoms with Gasteiger partial charge in [-0.05, 0) is 0 Å². The van der Waals surface area contributed by atoms with Crippen LogP contribution in [0.3, 0.4) is 0 Å². The first kappa shape index (κ1) is 18.3. The highest BCUT2D eigenvalue weighted by molar-refractivity contribution is 7.51. The van der Waals surface area contributed by atoms with Crippen LogP contribution in [-0.2, 0) is 15.8 Å². The third-order valence-corrected chi connectivity index (χ3v) is 3.43. The average molecular weight is 360 g/mol. The van der Waals surface area contributed by atoms with E-state index in [1.165, 1.54) is 10.9 Å². The van der Waals surface area contributed by atoms with E-state index in [0.717, 1.165) is 0 Å². The Morgan fingerprint density at radius 3 is 2.92 bits per heavy atom. The zero-order chi connectivity index (χ0) is 17.7. The van der Waals surface area contributed by atoms with Crippen molar-refractivity contribution in [2.45, 2.75) is 12.6 Å². The van der Waals surface area contributed by atoms with Crippen molar-refractivity contribution in [3.05, 3.63) is 19.0 Å². The molecule has 2 aromatic rings. The van der Waals surface area contributed by atoms with Crippen LogP contribution >= 0.6 is 7.60 Å². The van der Waals surface area contributed by atoms with E-state index in [4.69, 9.17) is 20.3 Å². The summed E-state index contributed by atoms with van der Waals surface area (Å²) in [5, 5.41) is 2.97. The third kappa shape index (κ3) is 4.71. The summed E-state index contributed by atoms with van der Waals surface area (Å²) >= 11 is 0. The highest BCUT2D eigenvalue weighted by Crippen LogP contribution is 2.34. The molecule has 10 nitrogen and oxygen atoms in total. The van der Waals surface area contributed by atoms with E-state index in [0.29, 0.717) is 23.5 Å². The van der Waals surface area contributed by atoms with E-state index in [1.54, 1.807) is 6.08 Å². The van der Waals surface area contributed by atoms with Gasteiger partial charge >= 0.3 is 7.60 Å². The fraction of sp³-hybridized carbons (Fsp3) is 0.417. The van der Waals surface area contributed by atoms with Gasteiger partial charge in [-0.1, -0.05) is 6.08 Å². The topological polar surface area (TPSA) is 148 Å². The number of nitrogens with zero attached hydrogens (tertiary/aromatic N) is 4. The van der Waals surface area contributed by atoms with Gasteiger partial charge in [-0.25, -0.2) is 9.37 Å². The highest BCUT2D eigenvalue weighted by Gasteiger charge is 2.20. The van der Waals surface area contributed by atoms with E-state index >= 15 is 0 Å². The van der Waals surface area contributed by atoms with E-state index < -0.39 is 26.7 Å². The molecular weight excluding hydrogens is 342 g/mol. The molecule has 1 atom stereocenters. The van der Waals surface area contributed by atoms with Gasteiger partial charge in [0.15, 0.2) is 17.0 Å². The van der Waals surface area contributed by atoms with Gasteiger partial charge in [0.25, 0.3) is 0 Å². The van der Waals surface area contributed by atoms with Crippen molar-refractivity contribution in [2.75, 3.05) is 30.6 Å². The number of fused-ring (bicyclic) bond motifs is 1. The molecule has 5 N–H and O–H groups in total. The molecule has 0 aliphatic heterocycles. The molecule has 0 unspecified atom stereocenters. The number of hydrogen-bond donors (Lipinski definition) is 4. The van der Waals surface area contributed by atoms with Gasteiger partial charge in [-0.2, -0.15) is 9.97 Å². The number of alkyl halides is 1. The molecule has 2 rings (SSSR count). The summed E-state index contributed by atoms with van der Waals surface area (Å²) in [5.74, 6) is 0.410. The molecule has 2 aromatic heterocycles. The zero-order valence-corrected chi connectivity index (χ0v) is 13.6. The number of rotatable bonds is 9. The van der Waals surface area contributed by atoms with Crippen molar-refractivity contribution in [1.29, 1.82) is 0 Å². The number of nitrogens with two attached hydrogens (primary N) is 1. The normalized spacial score (nSPS) is 13.1. The molecule has 0 fully saturated rings. The Hall–Kier alpha value is -2.07. The van der Waals surface area contributed by atoms with Crippen LogP contribution in [0.4, 0.5) is 16.2 Å². The Balaban J connectivity index is 2.24. The maximum Gasteiger partial charge on any atom is 0.350 e. The molecule has 0 saturated carbocycles. The minimum Gasteiger partial charge on any atom is -0.368 e. The molecule has 12 heteroatoms. The molecule has 2 heterocycles. The molecule has 132 valence electrons. The van der Waals surface area contributed by atoms with E-state index in [1.807, 2.05) is 0 Å². The Bertz CT molecular complexity index is 763. The molecule has 0 spiro atoms. The van der Waals surface area contributed by atoms with Crippen LogP contribution < -0.4 is 11.1 Å². The monoisotopic (exact) mass is 360 g/mol. The second kappa shape index (κ2) is 7.67. The van der Waals surface area contributed by atoms with Gasteiger partial charge in [0.05, 0.1) is 12.9 Å². The molecule has 0 aliphatic carbocycles. The van der Waals surface area contributed by atoms with Gasteiger partial charge in [0.1, 0.15) is 19.1 Å². The molecule has 0 aliphatic rings. The number of halogens is 1. The van der Waals surface area contributed by atoms with E-state index in [2.05, 4.69) is 26.8 Å². The van der Waals surface area contributed by atoms with Gasteiger partial charge in [-0.15, -0.1) is 6.58 Å². The van der Waals surface area contributed by atoms with Crippen LogP contribution in [0.5, 0.6) is 0 Å². The third-order valence-electron chi connectivity index (χ3n) is 2.95. The summed E-state index contributed by atoms with van der Waals surface area (Å²) in [4.78, 5) is 29.9. The SMILES string of the molecule is C=CCNc1nc(N)nc2c1ncn2C[C@@H](CF)OCP(=O)(O)O. The van der Waals surface area contributed by atoms with Crippen LogP contribution in [0.1, 0.15) is 0 Å². The van der Waals surface area contributed by atoms with Crippen molar-refractivity contribution in [2.24, 2.45) is 0 Å². The van der Waals surface area contributed by atoms with Crippen LogP contribution in [0.15, 0.2) is 19.0 Å². The summed E-state index contributed by atoms with van der Waals surface area (Å²) in [5.41, 5.74) is 6.45. The number of nitrogens with one attached hydrogen (secondary N) is 1. The molecule has 0 saturated heterocycles. The number of nitrogen functional groups attached to an aromatic ring is 1. The first-order chi connectivity index (χ1) is 11.3. The predicted molar refractivity (Wildman–Crippen MR) is 86.2 cm³/mol. The van der Waals surface area contributed by atoms with E-state index in [9.17, 15) is 8.96 Å². The lowest BCUT2D eigenvalue weighted by Crippen LogP contribution is -2.23. The smallest absolute Gasteiger partial charge is 0.350 e. The number of aromatic nitrogens is 4. The predicted octanol–water partition coefficient (Wildman–Crippen LogP) is 0.496. The highest BCUT2D eigenvalue weighted by atomic mass is 31.2. The lowest BCUT2D eigenvalue weighted by molar-refractivity contribution is 0.0445. The molecule has 0 radical (unpaired) electrons. The van der Waals surface area contributed by atoms with Crippen molar-refractivity contribution >= 4 is 30.5 Å². The standard InChI is InChI=1S/C12H18FN6O4P/c1-2-3-15-10-9-11(18-12(14)17-10)19(6-16-9)5-8(4-13)23-7-24(20,21)22/h2,6,8H,1,3-5,7H2,(H2,20,21,22)(H3,14,15,17,18)/t8-/m1/s1. The van der Waals surface area contributed by atoms with Crippen LogP contribution in [0.25, 0.3) is 11.2 Å². The summed E-state index contributed by atoms with van der Waals surface area (Å²) in [7, 11) is -4.38. The van der Waals surface area contributed by atoms with Gasteiger partial charge < -0.3 is 30.1 Å². The molecular formula is C12H18FN6O4P. The van der Waals surface area contributed by atoms with Gasteiger partial charge in [-0.3, -0.25) is 4.57 Å².